The Hall–Kier alpha value is -1.71. The molecule has 0 radical (unpaired) electrons. The first-order valence-corrected chi connectivity index (χ1v) is 6.53. The third-order valence-corrected chi connectivity index (χ3v) is 3.36. The first-order chi connectivity index (χ1) is 8.72. The molecule has 1 aliphatic heterocycles. The lowest BCUT2D eigenvalue weighted by atomic mass is 10.0. The third kappa shape index (κ3) is 2.94. The number of amides is 1. The van der Waals surface area contributed by atoms with Crippen LogP contribution in [0, 0.1) is 5.92 Å². The Morgan fingerprint density at radius 1 is 1.39 bits per heavy atom. The van der Waals surface area contributed by atoms with Gasteiger partial charge in [-0.15, -0.1) is 0 Å². The predicted molar refractivity (Wildman–Crippen MR) is 73.1 cm³/mol. The topological polar surface area (TPSA) is 50.4 Å². The highest BCUT2D eigenvalue weighted by molar-refractivity contribution is 5.95. The molecule has 4 nitrogen and oxygen atoms in total. The van der Waals surface area contributed by atoms with Crippen LogP contribution in [-0.4, -0.2) is 19.1 Å². The van der Waals surface area contributed by atoms with Gasteiger partial charge in [0.2, 0.25) is 0 Å². The first kappa shape index (κ1) is 12.7. The van der Waals surface area contributed by atoms with E-state index in [1.807, 2.05) is 18.2 Å². The maximum atomic E-state index is 11.2. The predicted octanol–water partition coefficient (Wildman–Crippen LogP) is 2.87. The highest BCUT2D eigenvalue weighted by Gasteiger charge is 2.15. The van der Waals surface area contributed by atoms with Crippen LogP contribution in [0.3, 0.4) is 0 Å². The van der Waals surface area contributed by atoms with E-state index in [9.17, 15) is 4.79 Å². The van der Waals surface area contributed by atoms with Crippen molar-refractivity contribution < 1.29 is 9.53 Å². The zero-order chi connectivity index (χ0) is 13.0. The van der Waals surface area contributed by atoms with Crippen LogP contribution in [0.25, 0.3) is 0 Å². The summed E-state index contributed by atoms with van der Waals surface area (Å²) in [5, 5.41) is 6.22. The van der Waals surface area contributed by atoms with Crippen molar-refractivity contribution in [2.45, 2.75) is 26.7 Å². The fourth-order valence-electron chi connectivity index (χ4n) is 2.03. The smallest absolute Gasteiger partial charge is 0.262 e. The van der Waals surface area contributed by atoms with Crippen LogP contribution in [0.4, 0.5) is 11.4 Å². The summed E-state index contributed by atoms with van der Waals surface area (Å²) in [6.07, 6.45) is 2.35. The molecule has 1 aliphatic rings. The lowest BCUT2D eigenvalue weighted by Gasteiger charge is -2.20. The van der Waals surface area contributed by atoms with Gasteiger partial charge in [-0.25, -0.2) is 0 Å². The molecule has 0 fully saturated rings. The Morgan fingerprint density at radius 2 is 2.17 bits per heavy atom. The molecule has 0 aliphatic carbocycles. The van der Waals surface area contributed by atoms with Crippen LogP contribution in [0.2, 0.25) is 0 Å². The molecule has 2 rings (SSSR count). The van der Waals surface area contributed by atoms with E-state index in [0.29, 0.717) is 5.92 Å². The Morgan fingerprint density at radius 3 is 2.89 bits per heavy atom. The number of hydrogen-bond acceptors (Lipinski definition) is 3. The molecule has 0 saturated heterocycles. The summed E-state index contributed by atoms with van der Waals surface area (Å²) in [4.78, 5) is 11.2. The van der Waals surface area contributed by atoms with Gasteiger partial charge >= 0.3 is 0 Å². The number of rotatable bonds is 5. The largest absolute Gasteiger partial charge is 0.482 e. The first-order valence-electron chi connectivity index (χ1n) is 6.53. The lowest BCUT2D eigenvalue weighted by Crippen LogP contribution is -2.25. The van der Waals surface area contributed by atoms with Crippen molar-refractivity contribution in [3.63, 3.8) is 0 Å². The quantitative estimate of drug-likeness (QED) is 0.842. The Bertz CT molecular complexity index is 428. The highest BCUT2D eigenvalue weighted by atomic mass is 16.5. The average molecular weight is 248 g/mol. The van der Waals surface area contributed by atoms with Gasteiger partial charge in [0.25, 0.3) is 5.91 Å². The summed E-state index contributed by atoms with van der Waals surface area (Å²) >= 11 is 0. The number of hydrogen-bond donors (Lipinski definition) is 2. The SMILES string of the molecule is CCC(CC)CNc1ccc2c(c1)NC(=O)CO2. The Kier molecular flexibility index (Phi) is 4.07. The van der Waals surface area contributed by atoms with Crippen LogP contribution < -0.4 is 15.4 Å². The molecule has 1 aromatic carbocycles. The maximum Gasteiger partial charge on any atom is 0.262 e. The fourth-order valence-corrected chi connectivity index (χ4v) is 2.03. The number of fused-ring (bicyclic) bond motifs is 1. The van der Waals surface area contributed by atoms with Gasteiger partial charge in [0, 0.05) is 12.2 Å². The standard InChI is InChI=1S/C14H20N2O2/c1-3-10(4-2)8-15-11-5-6-13-12(7-11)16-14(17)9-18-13/h5-7,10,15H,3-4,8-9H2,1-2H3,(H,16,17). The number of benzene rings is 1. The molecule has 0 atom stereocenters. The van der Waals surface area contributed by atoms with E-state index in [0.717, 1.165) is 23.7 Å². The minimum Gasteiger partial charge on any atom is -0.482 e. The van der Waals surface area contributed by atoms with Crippen molar-refractivity contribution in [2.75, 3.05) is 23.8 Å². The van der Waals surface area contributed by atoms with E-state index < -0.39 is 0 Å². The fraction of sp³-hybridized carbons (Fsp3) is 0.500. The Labute approximate surface area is 108 Å². The average Bonchev–Trinajstić information content (AvgIpc) is 2.39. The normalized spacial score (nSPS) is 13.8. The highest BCUT2D eigenvalue weighted by Crippen LogP contribution is 2.30. The molecule has 0 spiro atoms. The van der Waals surface area contributed by atoms with Gasteiger partial charge in [-0.05, 0) is 24.1 Å². The lowest BCUT2D eigenvalue weighted by molar-refractivity contribution is -0.118. The zero-order valence-electron chi connectivity index (χ0n) is 11.0. The summed E-state index contributed by atoms with van der Waals surface area (Å²) < 4.78 is 5.32. The molecule has 1 aromatic rings. The molecule has 0 unspecified atom stereocenters. The van der Waals surface area contributed by atoms with Crippen molar-refractivity contribution >= 4 is 17.3 Å². The van der Waals surface area contributed by atoms with Crippen molar-refractivity contribution in [2.24, 2.45) is 5.92 Å². The monoisotopic (exact) mass is 248 g/mol. The van der Waals surface area contributed by atoms with Crippen molar-refractivity contribution in [3.05, 3.63) is 18.2 Å². The molecule has 2 N–H and O–H groups in total. The van der Waals surface area contributed by atoms with Gasteiger partial charge in [0.05, 0.1) is 5.69 Å². The molecule has 4 heteroatoms. The summed E-state index contributed by atoms with van der Waals surface area (Å²) in [6.45, 7) is 5.47. The molecule has 18 heavy (non-hydrogen) atoms. The van der Waals surface area contributed by atoms with Crippen molar-refractivity contribution in [1.82, 2.24) is 0 Å². The van der Waals surface area contributed by atoms with Gasteiger partial charge in [0.15, 0.2) is 6.61 Å². The molecule has 1 heterocycles. The second-order valence-corrected chi connectivity index (χ2v) is 4.61. The summed E-state index contributed by atoms with van der Waals surface area (Å²) in [5.41, 5.74) is 1.77. The number of carbonyl (C=O) groups excluding carboxylic acids is 1. The third-order valence-electron chi connectivity index (χ3n) is 3.36. The summed E-state index contributed by atoms with van der Waals surface area (Å²) in [6, 6.07) is 5.80. The number of carbonyl (C=O) groups is 1. The zero-order valence-corrected chi connectivity index (χ0v) is 11.0. The van der Waals surface area contributed by atoms with E-state index in [1.54, 1.807) is 0 Å². The minimum atomic E-state index is -0.0976. The van der Waals surface area contributed by atoms with Crippen molar-refractivity contribution in [3.8, 4) is 5.75 Å². The number of nitrogens with one attached hydrogen (secondary N) is 2. The van der Waals surface area contributed by atoms with E-state index in [-0.39, 0.29) is 12.5 Å². The summed E-state index contributed by atoms with van der Waals surface area (Å²) in [7, 11) is 0. The molecule has 0 saturated carbocycles. The second kappa shape index (κ2) is 5.76. The van der Waals surface area contributed by atoms with Gasteiger partial charge in [-0.2, -0.15) is 0 Å². The van der Waals surface area contributed by atoms with E-state index in [1.165, 1.54) is 12.8 Å². The molecule has 98 valence electrons. The van der Waals surface area contributed by atoms with Crippen LogP contribution in [0.5, 0.6) is 5.75 Å². The summed E-state index contributed by atoms with van der Waals surface area (Å²) in [5.74, 6) is 1.33. The van der Waals surface area contributed by atoms with Gasteiger partial charge in [-0.1, -0.05) is 26.7 Å². The number of ether oxygens (including phenoxy) is 1. The van der Waals surface area contributed by atoms with Crippen LogP contribution >= 0.6 is 0 Å². The minimum absolute atomic E-state index is 0.0976. The number of anilines is 2. The second-order valence-electron chi connectivity index (χ2n) is 4.61. The van der Waals surface area contributed by atoms with Crippen LogP contribution in [-0.2, 0) is 4.79 Å². The molecular formula is C14H20N2O2. The van der Waals surface area contributed by atoms with Crippen molar-refractivity contribution in [1.29, 1.82) is 0 Å². The maximum absolute atomic E-state index is 11.2. The van der Waals surface area contributed by atoms with Crippen LogP contribution in [0.15, 0.2) is 18.2 Å². The molecule has 1 amide bonds. The van der Waals surface area contributed by atoms with Crippen LogP contribution in [0.1, 0.15) is 26.7 Å². The van der Waals surface area contributed by atoms with E-state index in [4.69, 9.17) is 4.74 Å². The van der Waals surface area contributed by atoms with Gasteiger partial charge in [0.1, 0.15) is 5.75 Å². The Balaban J connectivity index is 2.02. The molecule has 0 bridgehead atoms. The van der Waals surface area contributed by atoms with Gasteiger partial charge < -0.3 is 15.4 Å². The molecule has 0 aromatic heterocycles. The van der Waals surface area contributed by atoms with E-state index in [2.05, 4.69) is 24.5 Å². The van der Waals surface area contributed by atoms with Gasteiger partial charge in [-0.3, -0.25) is 4.79 Å². The van der Waals surface area contributed by atoms with E-state index >= 15 is 0 Å². The molecular weight excluding hydrogens is 228 g/mol.